The van der Waals surface area contributed by atoms with Crippen molar-refractivity contribution in [3.8, 4) is 5.69 Å². The number of hydrogen-bond acceptors (Lipinski definition) is 3. The van der Waals surface area contributed by atoms with Gasteiger partial charge in [0, 0.05) is 23.7 Å². The number of nitrogens with zero attached hydrogens (tertiary/aromatic N) is 3. The van der Waals surface area contributed by atoms with Crippen molar-refractivity contribution in [3.63, 3.8) is 0 Å². The van der Waals surface area contributed by atoms with E-state index in [0.29, 0.717) is 12.5 Å². The lowest BCUT2D eigenvalue weighted by atomic mass is 9.99. The molecule has 2 aromatic rings. The SMILES string of the molecule is Cc1nn(-c2ccncc2)c(C)c1C(C)CN. The minimum absolute atomic E-state index is 0.339. The van der Waals surface area contributed by atoms with Crippen LogP contribution in [0, 0.1) is 13.8 Å². The Morgan fingerprint density at radius 2 is 1.94 bits per heavy atom. The van der Waals surface area contributed by atoms with Gasteiger partial charge in [0.05, 0.1) is 11.4 Å². The largest absolute Gasteiger partial charge is 0.330 e. The van der Waals surface area contributed by atoms with Crippen molar-refractivity contribution in [2.45, 2.75) is 26.7 Å². The van der Waals surface area contributed by atoms with Crippen molar-refractivity contribution in [1.82, 2.24) is 14.8 Å². The first kappa shape index (κ1) is 11.8. The average Bonchev–Trinajstić information content (AvgIpc) is 2.65. The van der Waals surface area contributed by atoms with Gasteiger partial charge in [-0.3, -0.25) is 4.98 Å². The Morgan fingerprint density at radius 3 is 2.53 bits per heavy atom. The van der Waals surface area contributed by atoms with Crippen molar-refractivity contribution >= 4 is 0 Å². The molecule has 0 aromatic carbocycles. The molecule has 0 aliphatic carbocycles. The summed E-state index contributed by atoms with van der Waals surface area (Å²) in [5.41, 5.74) is 10.2. The molecule has 0 saturated heterocycles. The van der Waals surface area contributed by atoms with Gasteiger partial charge in [-0.25, -0.2) is 4.68 Å². The molecule has 0 aliphatic heterocycles. The topological polar surface area (TPSA) is 56.7 Å². The van der Waals surface area contributed by atoms with Crippen LogP contribution in [-0.2, 0) is 0 Å². The average molecular weight is 230 g/mol. The predicted molar refractivity (Wildman–Crippen MR) is 68.3 cm³/mol. The predicted octanol–water partition coefficient (Wildman–Crippen LogP) is 1.95. The highest BCUT2D eigenvalue weighted by Gasteiger charge is 2.16. The van der Waals surface area contributed by atoms with E-state index in [4.69, 9.17) is 5.73 Å². The van der Waals surface area contributed by atoms with E-state index in [1.807, 2.05) is 23.7 Å². The molecule has 17 heavy (non-hydrogen) atoms. The highest BCUT2D eigenvalue weighted by molar-refractivity contribution is 5.37. The minimum atomic E-state index is 0.339. The summed E-state index contributed by atoms with van der Waals surface area (Å²) in [6, 6.07) is 3.91. The van der Waals surface area contributed by atoms with Crippen LogP contribution in [0.5, 0.6) is 0 Å². The molecule has 90 valence electrons. The number of aromatic nitrogens is 3. The van der Waals surface area contributed by atoms with Gasteiger partial charge in [0.25, 0.3) is 0 Å². The van der Waals surface area contributed by atoms with Crippen LogP contribution in [0.2, 0.25) is 0 Å². The van der Waals surface area contributed by atoms with Crippen molar-refractivity contribution < 1.29 is 0 Å². The van der Waals surface area contributed by atoms with E-state index in [0.717, 1.165) is 17.1 Å². The third-order valence-electron chi connectivity index (χ3n) is 3.10. The maximum Gasteiger partial charge on any atom is 0.0679 e. The van der Waals surface area contributed by atoms with E-state index < -0.39 is 0 Å². The second-order valence-corrected chi connectivity index (χ2v) is 4.34. The van der Waals surface area contributed by atoms with Gasteiger partial charge in [-0.1, -0.05) is 6.92 Å². The molecule has 4 heteroatoms. The lowest BCUT2D eigenvalue weighted by Crippen LogP contribution is -2.10. The first-order valence-electron chi connectivity index (χ1n) is 5.81. The zero-order valence-electron chi connectivity index (χ0n) is 10.5. The Labute approximate surface area is 101 Å². The highest BCUT2D eigenvalue weighted by Crippen LogP contribution is 2.24. The number of nitrogens with two attached hydrogens (primary N) is 1. The van der Waals surface area contributed by atoms with Crippen molar-refractivity contribution in [3.05, 3.63) is 41.5 Å². The van der Waals surface area contributed by atoms with Crippen LogP contribution in [0.15, 0.2) is 24.5 Å². The monoisotopic (exact) mass is 230 g/mol. The van der Waals surface area contributed by atoms with Crippen molar-refractivity contribution in [2.24, 2.45) is 5.73 Å². The minimum Gasteiger partial charge on any atom is -0.330 e. The molecule has 1 unspecified atom stereocenters. The zero-order chi connectivity index (χ0) is 12.4. The fourth-order valence-corrected chi connectivity index (χ4v) is 2.22. The summed E-state index contributed by atoms with van der Waals surface area (Å²) in [5.74, 6) is 0.339. The summed E-state index contributed by atoms with van der Waals surface area (Å²) in [6.07, 6.45) is 3.55. The summed E-state index contributed by atoms with van der Waals surface area (Å²) in [6.45, 7) is 6.89. The molecular weight excluding hydrogens is 212 g/mol. The molecule has 4 nitrogen and oxygen atoms in total. The lowest BCUT2D eigenvalue weighted by molar-refractivity contribution is 0.759. The summed E-state index contributed by atoms with van der Waals surface area (Å²) in [4.78, 5) is 4.02. The van der Waals surface area contributed by atoms with Crippen LogP contribution >= 0.6 is 0 Å². The normalized spacial score (nSPS) is 12.7. The van der Waals surface area contributed by atoms with Gasteiger partial charge in [-0.2, -0.15) is 5.10 Å². The molecule has 0 amide bonds. The fraction of sp³-hybridized carbons (Fsp3) is 0.385. The van der Waals surface area contributed by atoms with Gasteiger partial charge in [-0.15, -0.1) is 0 Å². The maximum absolute atomic E-state index is 5.74. The Kier molecular flexibility index (Phi) is 3.24. The van der Waals surface area contributed by atoms with E-state index in [1.54, 1.807) is 12.4 Å². The Hall–Kier alpha value is -1.68. The first-order chi connectivity index (χ1) is 8.15. The number of hydrogen-bond donors (Lipinski definition) is 1. The Bertz CT molecular complexity index is 502. The molecule has 0 radical (unpaired) electrons. The zero-order valence-corrected chi connectivity index (χ0v) is 10.5. The summed E-state index contributed by atoms with van der Waals surface area (Å²) in [5, 5.41) is 4.58. The molecule has 0 saturated carbocycles. The summed E-state index contributed by atoms with van der Waals surface area (Å²) in [7, 11) is 0. The molecular formula is C13H18N4. The maximum atomic E-state index is 5.74. The van der Waals surface area contributed by atoms with Gasteiger partial charge in [0.15, 0.2) is 0 Å². The van der Waals surface area contributed by atoms with Crippen molar-refractivity contribution in [1.29, 1.82) is 0 Å². The standard InChI is InChI=1S/C13H18N4/c1-9(8-14)13-10(2)16-17(11(13)3)12-4-6-15-7-5-12/h4-7,9H,8,14H2,1-3H3. The van der Waals surface area contributed by atoms with Crippen molar-refractivity contribution in [2.75, 3.05) is 6.54 Å². The van der Waals surface area contributed by atoms with E-state index in [9.17, 15) is 0 Å². The van der Waals surface area contributed by atoms with Crippen LogP contribution in [0.4, 0.5) is 0 Å². The quantitative estimate of drug-likeness (QED) is 0.876. The second-order valence-electron chi connectivity index (χ2n) is 4.34. The molecule has 1 atom stereocenters. The molecule has 2 aromatic heterocycles. The lowest BCUT2D eigenvalue weighted by Gasteiger charge is -2.09. The highest BCUT2D eigenvalue weighted by atomic mass is 15.3. The summed E-state index contributed by atoms with van der Waals surface area (Å²) >= 11 is 0. The van der Waals surface area contributed by atoms with Gasteiger partial charge < -0.3 is 5.73 Å². The molecule has 0 bridgehead atoms. The summed E-state index contributed by atoms with van der Waals surface area (Å²) < 4.78 is 1.96. The van der Waals surface area contributed by atoms with Crippen LogP contribution < -0.4 is 5.73 Å². The molecule has 2 N–H and O–H groups in total. The van der Waals surface area contributed by atoms with E-state index >= 15 is 0 Å². The smallest absolute Gasteiger partial charge is 0.0679 e. The van der Waals surface area contributed by atoms with E-state index in [1.165, 1.54) is 5.56 Å². The van der Waals surface area contributed by atoms with Crippen LogP contribution in [0.3, 0.4) is 0 Å². The second kappa shape index (κ2) is 4.67. The Balaban J connectivity index is 2.52. The third-order valence-corrected chi connectivity index (χ3v) is 3.10. The molecule has 0 aliphatic rings. The van der Waals surface area contributed by atoms with Gasteiger partial charge >= 0.3 is 0 Å². The van der Waals surface area contributed by atoms with E-state index in [2.05, 4.69) is 23.9 Å². The van der Waals surface area contributed by atoms with E-state index in [-0.39, 0.29) is 0 Å². The molecule has 0 fully saturated rings. The number of aryl methyl sites for hydroxylation is 1. The van der Waals surface area contributed by atoms with Crippen LogP contribution in [-0.4, -0.2) is 21.3 Å². The van der Waals surface area contributed by atoms with Gasteiger partial charge in [0.1, 0.15) is 0 Å². The fourth-order valence-electron chi connectivity index (χ4n) is 2.22. The van der Waals surface area contributed by atoms with Crippen LogP contribution in [0.1, 0.15) is 29.8 Å². The first-order valence-corrected chi connectivity index (χ1v) is 5.81. The van der Waals surface area contributed by atoms with Gasteiger partial charge in [0.2, 0.25) is 0 Å². The third kappa shape index (κ3) is 2.08. The number of rotatable bonds is 3. The van der Waals surface area contributed by atoms with Crippen LogP contribution in [0.25, 0.3) is 5.69 Å². The number of pyridine rings is 1. The molecule has 0 spiro atoms. The van der Waals surface area contributed by atoms with Gasteiger partial charge in [-0.05, 0) is 38.4 Å². The Morgan fingerprint density at radius 1 is 1.29 bits per heavy atom. The molecule has 2 rings (SSSR count). The molecule has 2 heterocycles.